The van der Waals surface area contributed by atoms with Crippen LogP contribution in [0.2, 0.25) is 0 Å². The van der Waals surface area contributed by atoms with E-state index in [-0.39, 0.29) is 5.97 Å². The largest absolute Gasteiger partial charge is 0.465 e. The van der Waals surface area contributed by atoms with Gasteiger partial charge < -0.3 is 4.74 Å². The molecular weight excluding hydrogens is 164 g/mol. The smallest absolute Gasteiger partial charge is 0.305 e. The van der Waals surface area contributed by atoms with Gasteiger partial charge in [0.15, 0.2) is 0 Å². The molecule has 0 radical (unpaired) electrons. The molecule has 0 aromatic carbocycles. The molecule has 2 saturated carbocycles. The maximum absolute atomic E-state index is 11.0. The molecule has 2 aliphatic carbocycles. The Morgan fingerprint density at radius 2 is 2.23 bits per heavy atom. The predicted octanol–water partition coefficient (Wildman–Crippen LogP) is 2.38. The molecule has 2 rings (SSSR count). The highest BCUT2D eigenvalue weighted by Crippen LogP contribution is 2.48. The Bertz CT molecular complexity index is 200. The summed E-state index contributed by atoms with van der Waals surface area (Å²) >= 11 is 0. The molecule has 2 heteroatoms. The first kappa shape index (κ1) is 9.04. The van der Waals surface area contributed by atoms with Gasteiger partial charge in [-0.3, -0.25) is 4.79 Å². The predicted molar refractivity (Wildman–Crippen MR) is 50.2 cm³/mol. The molecule has 2 fully saturated rings. The minimum absolute atomic E-state index is 0.0391. The van der Waals surface area contributed by atoms with E-state index in [9.17, 15) is 4.79 Å². The highest BCUT2D eigenvalue weighted by Gasteiger charge is 2.39. The third-order valence-electron chi connectivity index (χ3n) is 3.63. The molecule has 0 aromatic heterocycles. The van der Waals surface area contributed by atoms with Crippen molar-refractivity contribution < 1.29 is 9.53 Å². The lowest BCUT2D eigenvalue weighted by Gasteiger charge is -2.20. The summed E-state index contributed by atoms with van der Waals surface area (Å²) in [4.78, 5) is 11.0. The summed E-state index contributed by atoms with van der Waals surface area (Å²) in [5.41, 5.74) is 0. The number of ether oxygens (including phenoxy) is 1. The Hall–Kier alpha value is -0.530. The number of rotatable bonds is 3. The van der Waals surface area contributed by atoms with E-state index in [2.05, 4.69) is 0 Å². The van der Waals surface area contributed by atoms with Crippen molar-refractivity contribution in [3.8, 4) is 0 Å². The molecule has 74 valence electrons. The minimum atomic E-state index is -0.0391. The van der Waals surface area contributed by atoms with E-state index >= 15 is 0 Å². The van der Waals surface area contributed by atoms with Gasteiger partial charge in [0.1, 0.15) is 0 Å². The third kappa shape index (κ3) is 1.87. The Balaban J connectivity index is 1.74. The van der Waals surface area contributed by atoms with Gasteiger partial charge in [-0.05, 0) is 37.0 Å². The number of hydrogen-bond acceptors (Lipinski definition) is 2. The molecule has 3 atom stereocenters. The first-order chi connectivity index (χ1) is 6.29. The van der Waals surface area contributed by atoms with E-state index in [0.717, 1.165) is 11.8 Å². The van der Waals surface area contributed by atoms with Crippen LogP contribution in [0, 0.1) is 17.8 Å². The van der Waals surface area contributed by atoms with Crippen LogP contribution >= 0.6 is 0 Å². The number of carbonyl (C=O) groups excluding carboxylic acids is 1. The van der Waals surface area contributed by atoms with Gasteiger partial charge in [0, 0.05) is 6.42 Å². The van der Waals surface area contributed by atoms with E-state index in [4.69, 9.17) is 4.74 Å². The maximum Gasteiger partial charge on any atom is 0.305 e. The van der Waals surface area contributed by atoms with Crippen molar-refractivity contribution in [3.63, 3.8) is 0 Å². The van der Waals surface area contributed by atoms with Crippen molar-refractivity contribution in [2.45, 2.75) is 39.0 Å². The zero-order valence-electron chi connectivity index (χ0n) is 8.29. The quantitative estimate of drug-likeness (QED) is 0.626. The Kier molecular flexibility index (Phi) is 2.56. The van der Waals surface area contributed by atoms with E-state index in [1.165, 1.54) is 25.7 Å². The number of carbonyl (C=O) groups is 1. The first-order valence-corrected chi connectivity index (χ1v) is 5.45. The van der Waals surface area contributed by atoms with Gasteiger partial charge >= 0.3 is 5.97 Å². The molecule has 2 aliphatic rings. The van der Waals surface area contributed by atoms with Crippen LogP contribution in [0.1, 0.15) is 39.0 Å². The van der Waals surface area contributed by atoms with Gasteiger partial charge in [0.05, 0.1) is 6.61 Å². The zero-order chi connectivity index (χ0) is 9.26. The number of hydrogen-bond donors (Lipinski definition) is 0. The lowest BCUT2D eigenvalue weighted by atomic mass is 9.90. The second-order valence-electron chi connectivity index (χ2n) is 4.47. The van der Waals surface area contributed by atoms with Crippen LogP contribution in [0.15, 0.2) is 0 Å². The normalized spacial score (nSPS) is 36.5. The fraction of sp³-hybridized carbons (Fsp3) is 0.909. The van der Waals surface area contributed by atoms with Crippen molar-refractivity contribution in [1.29, 1.82) is 0 Å². The molecule has 3 unspecified atom stereocenters. The van der Waals surface area contributed by atoms with E-state index in [1.54, 1.807) is 0 Å². The number of fused-ring (bicyclic) bond motifs is 2. The minimum Gasteiger partial charge on any atom is -0.465 e. The van der Waals surface area contributed by atoms with Gasteiger partial charge in [-0.2, -0.15) is 0 Å². The van der Waals surface area contributed by atoms with Crippen molar-refractivity contribution in [3.05, 3.63) is 0 Å². The van der Waals surface area contributed by atoms with Crippen molar-refractivity contribution in [2.75, 3.05) is 6.61 Å². The lowest BCUT2D eigenvalue weighted by Crippen LogP contribution is -2.18. The highest BCUT2D eigenvalue weighted by atomic mass is 16.5. The molecule has 2 nitrogen and oxygen atoms in total. The van der Waals surface area contributed by atoms with Gasteiger partial charge in [0.25, 0.3) is 0 Å². The summed E-state index contributed by atoms with van der Waals surface area (Å²) in [6.07, 6.45) is 6.01. The average molecular weight is 182 g/mol. The summed E-state index contributed by atoms with van der Waals surface area (Å²) in [7, 11) is 0. The molecule has 0 N–H and O–H groups in total. The van der Waals surface area contributed by atoms with Crippen molar-refractivity contribution >= 4 is 5.97 Å². The summed E-state index contributed by atoms with van der Waals surface area (Å²) in [5, 5.41) is 0. The van der Waals surface area contributed by atoms with Crippen LogP contribution in [0.5, 0.6) is 0 Å². The Labute approximate surface area is 79.7 Å². The van der Waals surface area contributed by atoms with Gasteiger partial charge in [-0.15, -0.1) is 0 Å². The summed E-state index contributed by atoms with van der Waals surface area (Å²) in [5.74, 6) is 2.47. The van der Waals surface area contributed by atoms with Crippen LogP contribution in [0.3, 0.4) is 0 Å². The summed E-state index contributed by atoms with van der Waals surface area (Å²) < 4.78 is 5.19. The van der Waals surface area contributed by atoms with Crippen LogP contribution in [-0.4, -0.2) is 12.6 Å². The third-order valence-corrected chi connectivity index (χ3v) is 3.63. The monoisotopic (exact) mass is 182 g/mol. The molecule has 0 amide bonds. The van der Waals surface area contributed by atoms with Gasteiger partial charge in [0.2, 0.25) is 0 Å². The SMILES string of the molecule is CCC(=O)OCC1CC2CCC1C2. The number of esters is 1. The van der Waals surface area contributed by atoms with E-state index in [1.807, 2.05) is 6.92 Å². The molecule has 0 aliphatic heterocycles. The topological polar surface area (TPSA) is 26.3 Å². The Morgan fingerprint density at radius 3 is 2.77 bits per heavy atom. The fourth-order valence-electron chi connectivity index (χ4n) is 2.88. The van der Waals surface area contributed by atoms with Crippen molar-refractivity contribution in [1.82, 2.24) is 0 Å². The lowest BCUT2D eigenvalue weighted by molar-refractivity contribution is -0.145. The van der Waals surface area contributed by atoms with Crippen molar-refractivity contribution in [2.24, 2.45) is 17.8 Å². The standard InChI is InChI=1S/C11H18O2/c1-2-11(12)13-7-10-6-8-3-4-9(10)5-8/h8-10H,2-7H2,1H3. The van der Waals surface area contributed by atoms with Gasteiger partial charge in [-0.25, -0.2) is 0 Å². The van der Waals surface area contributed by atoms with Crippen LogP contribution in [0.4, 0.5) is 0 Å². The average Bonchev–Trinajstić information content (AvgIpc) is 2.74. The molecule has 0 aromatic rings. The molecular formula is C11H18O2. The zero-order valence-corrected chi connectivity index (χ0v) is 8.29. The maximum atomic E-state index is 11.0. The highest BCUT2D eigenvalue weighted by molar-refractivity contribution is 5.68. The van der Waals surface area contributed by atoms with Crippen LogP contribution < -0.4 is 0 Å². The van der Waals surface area contributed by atoms with E-state index < -0.39 is 0 Å². The summed E-state index contributed by atoms with van der Waals surface area (Å²) in [6, 6.07) is 0. The van der Waals surface area contributed by atoms with Crippen LogP contribution in [0.25, 0.3) is 0 Å². The molecule has 0 saturated heterocycles. The fourth-order valence-corrected chi connectivity index (χ4v) is 2.88. The first-order valence-electron chi connectivity index (χ1n) is 5.45. The van der Waals surface area contributed by atoms with E-state index in [0.29, 0.717) is 18.9 Å². The van der Waals surface area contributed by atoms with Gasteiger partial charge in [-0.1, -0.05) is 13.3 Å². The Morgan fingerprint density at radius 1 is 1.38 bits per heavy atom. The molecule has 0 spiro atoms. The second kappa shape index (κ2) is 3.69. The molecule has 0 heterocycles. The molecule has 2 bridgehead atoms. The van der Waals surface area contributed by atoms with Crippen LogP contribution in [-0.2, 0) is 9.53 Å². The molecule has 13 heavy (non-hydrogen) atoms. The second-order valence-corrected chi connectivity index (χ2v) is 4.47. The summed E-state index contributed by atoms with van der Waals surface area (Å²) in [6.45, 7) is 2.54.